The van der Waals surface area contributed by atoms with Crippen LogP contribution in [0.3, 0.4) is 0 Å². The van der Waals surface area contributed by atoms with Crippen LogP contribution in [-0.2, 0) is 12.8 Å². The first-order valence-electron chi connectivity index (χ1n) is 5.71. The lowest BCUT2D eigenvalue weighted by Crippen LogP contribution is -2.23. The molecule has 1 unspecified atom stereocenters. The fourth-order valence-corrected chi connectivity index (χ4v) is 2.94. The summed E-state index contributed by atoms with van der Waals surface area (Å²) in [5.41, 5.74) is 3.15. The molecule has 1 N–H and O–H groups in total. The van der Waals surface area contributed by atoms with Crippen LogP contribution < -0.4 is 5.32 Å². The number of aryl methyl sites for hydroxylation is 2. The Bertz CT molecular complexity index is 335. The molecule has 0 spiro atoms. The number of thioether (sulfide) groups is 1. The number of hydrogen-bond donors (Lipinski definition) is 1. The lowest BCUT2D eigenvalue weighted by molar-refractivity contribution is 0.677. The van der Waals surface area contributed by atoms with Crippen molar-refractivity contribution in [2.75, 3.05) is 12.8 Å². The van der Waals surface area contributed by atoms with E-state index in [2.05, 4.69) is 30.4 Å². The summed E-state index contributed by atoms with van der Waals surface area (Å²) in [6.07, 6.45) is 3.91. The standard InChI is InChI=1S/C13H19NS/c1-10(14-2)9-15-13-7-6-11-4-3-5-12(11)8-13/h6-8,10,14H,3-5,9H2,1-2H3. The van der Waals surface area contributed by atoms with E-state index in [0.717, 1.165) is 5.75 Å². The molecule has 1 aromatic carbocycles. The zero-order valence-electron chi connectivity index (χ0n) is 9.55. The van der Waals surface area contributed by atoms with Gasteiger partial charge in [-0.1, -0.05) is 6.07 Å². The predicted octanol–water partition coefficient (Wildman–Crippen LogP) is 2.88. The summed E-state index contributed by atoms with van der Waals surface area (Å²) in [4.78, 5) is 1.43. The van der Waals surface area contributed by atoms with Crippen LogP contribution in [0.25, 0.3) is 0 Å². The fourth-order valence-electron chi connectivity index (χ4n) is 1.94. The molecular weight excluding hydrogens is 202 g/mol. The largest absolute Gasteiger partial charge is 0.316 e. The summed E-state index contributed by atoms with van der Waals surface area (Å²) in [6, 6.07) is 7.56. The van der Waals surface area contributed by atoms with Gasteiger partial charge in [0.2, 0.25) is 0 Å². The highest BCUT2D eigenvalue weighted by molar-refractivity contribution is 7.99. The van der Waals surface area contributed by atoms with Gasteiger partial charge >= 0.3 is 0 Å². The molecule has 1 atom stereocenters. The van der Waals surface area contributed by atoms with Crippen LogP contribution in [0.4, 0.5) is 0 Å². The van der Waals surface area contributed by atoms with Crippen molar-refractivity contribution in [3.05, 3.63) is 29.3 Å². The molecule has 1 aromatic rings. The van der Waals surface area contributed by atoms with Crippen LogP contribution in [0.15, 0.2) is 23.1 Å². The van der Waals surface area contributed by atoms with Crippen LogP contribution >= 0.6 is 11.8 Å². The molecule has 0 fully saturated rings. The summed E-state index contributed by atoms with van der Waals surface area (Å²) >= 11 is 1.96. The second-order valence-corrected chi connectivity index (χ2v) is 5.38. The van der Waals surface area contributed by atoms with E-state index in [1.54, 1.807) is 11.1 Å². The maximum Gasteiger partial charge on any atom is 0.0132 e. The van der Waals surface area contributed by atoms with Crippen LogP contribution in [0.5, 0.6) is 0 Å². The molecule has 0 radical (unpaired) electrons. The van der Waals surface area contributed by atoms with Crippen molar-refractivity contribution in [3.63, 3.8) is 0 Å². The van der Waals surface area contributed by atoms with Crippen LogP contribution in [0, 0.1) is 0 Å². The van der Waals surface area contributed by atoms with E-state index in [9.17, 15) is 0 Å². The summed E-state index contributed by atoms with van der Waals surface area (Å²) in [7, 11) is 2.02. The zero-order valence-corrected chi connectivity index (χ0v) is 10.4. The highest BCUT2D eigenvalue weighted by atomic mass is 32.2. The molecule has 0 aliphatic heterocycles. The van der Waals surface area contributed by atoms with Gasteiger partial charge < -0.3 is 5.32 Å². The topological polar surface area (TPSA) is 12.0 Å². The second kappa shape index (κ2) is 5.04. The minimum absolute atomic E-state index is 0.586. The lowest BCUT2D eigenvalue weighted by atomic mass is 10.1. The SMILES string of the molecule is CNC(C)CSc1ccc2c(c1)CCC2. The maximum atomic E-state index is 3.27. The Morgan fingerprint density at radius 1 is 1.33 bits per heavy atom. The van der Waals surface area contributed by atoms with Gasteiger partial charge in [-0.2, -0.15) is 0 Å². The van der Waals surface area contributed by atoms with Crippen LogP contribution in [-0.4, -0.2) is 18.8 Å². The van der Waals surface area contributed by atoms with E-state index in [-0.39, 0.29) is 0 Å². The Morgan fingerprint density at radius 3 is 2.93 bits per heavy atom. The first kappa shape index (κ1) is 11.0. The molecular formula is C13H19NS. The lowest BCUT2D eigenvalue weighted by Gasteiger charge is -2.10. The molecule has 1 aliphatic carbocycles. The molecule has 1 nitrogen and oxygen atoms in total. The van der Waals surface area contributed by atoms with Crippen molar-refractivity contribution in [1.29, 1.82) is 0 Å². The van der Waals surface area contributed by atoms with Crippen LogP contribution in [0.2, 0.25) is 0 Å². The summed E-state index contributed by atoms with van der Waals surface area (Å²) in [5.74, 6) is 1.15. The van der Waals surface area contributed by atoms with Gasteiger partial charge in [0.1, 0.15) is 0 Å². The normalized spacial score (nSPS) is 16.4. The Labute approximate surface area is 96.7 Å². The van der Waals surface area contributed by atoms with Gasteiger partial charge in [-0.05, 0) is 56.5 Å². The van der Waals surface area contributed by atoms with Crippen molar-refractivity contribution < 1.29 is 0 Å². The van der Waals surface area contributed by atoms with Gasteiger partial charge in [0.05, 0.1) is 0 Å². The Hall–Kier alpha value is -0.470. The molecule has 2 rings (SSSR count). The maximum absolute atomic E-state index is 3.27. The van der Waals surface area contributed by atoms with Crippen LogP contribution in [0.1, 0.15) is 24.5 Å². The number of fused-ring (bicyclic) bond motifs is 1. The summed E-state index contributed by atoms with van der Waals surface area (Å²) < 4.78 is 0. The summed E-state index contributed by atoms with van der Waals surface area (Å²) in [6.45, 7) is 2.22. The molecule has 0 bridgehead atoms. The average molecular weight is 221 g/mol. The minimum Gasteiger partial charge on any atom is -0.316 e. The van der Waals surface area contributed by atoms with E-state index < -0.39 is 0 Å². The first-order valence-corrected chi connectivity index (χ1v) is 6.70. The highest BCUT2D eigenvalue weighted by Gasteiger charge is 2.11. The van der Waals surface area contributed by atoms with Gasteiger partial charge in [0.15, 0.2) is 0 Å². The Kier molecular flexibility index (Phi) is 3.71. The second-order valence-electron chi connectivity index (χ2n) is 4.28. The molecule has 15 heavy (non-hydrogen) atoms. The highest BCUT2D eigenvalue weighted by Crippen LogP contribution is 2.27. The van der Waals surface area contributed by atoms with Gasteiger partial charge in [-0.3, -0.25) is 0 Å². The third-order valence-electron chi connectivity index (χ3n) is 3.06. The van der Waals surface area contributed by atoms with Gasteiger partial charge in [0.25, 0.3) is 0 Å². The van der Waals surface area contributed by atoms with E-state index in [1.807, 2.05) is 18.8 Å². The third-order valence-corrected chi connectivity index (χ3v) is 4.32. The Morgan fingerprint density at radius 2 is 2.13 bits per heavy atom. The quantitative estimate of drug-likeness (QED) is 0.785. The summed E-state index contributed by atoms with van der Waals surface area (Å²) in [5, 5.41) is 3.27. The fraction of sp³-hybridized carbons (Fsp3) is 0.538. The molecule has 2 heteroatoms. The van der Waals surface area contributed by atoms with E-state index in [1.165, 1.54) is 24.2 Å². The number of rotatable bonds is 4. The van der Waals surface area contributed by atoms with E-state index >= 15 is 0 Å². The van der Waals surface area contributed by atoms with Crippen molar-refractivity contribution in [2.24, 2.45) is 0 Å². The molecule has 0 aromatic heterocycles. The molecule has 0 saturated carbocycles. The van der Waals surface area contributed by atoms with Crippen molar-refractivity contribution in [2.45, 2.75) is 37.1 Å². The van der Waals surface area contributed by atoms with Crippen molar-refractivity contribution in [1.82, 2.24) is 5.32 Å². The zero-order chi connectivity index (χ0) is 10.7. The predicted molar refractivity (Wildman–Crippen MR) is 67.7 cm³/mol. The van der Waals surface area contributed by atoms with Crippen molar-refractivity contribution in [3.8, 4) is 0 Å². The van der Waals surface area contributed by atoms with E-state index in [0.29, 0.717) is 6.04 Å². The van der Waals surface area contributed by atoms with E-state index in [4.69, 9.17) is 0 Å². The van der Waals surface area contributed by atoms with Gasteiger partial charge in [0, 0.05) is 16.7 Å². The first-order chi connectivity index (χ1) is 7.29. The van der Waals surface area contributed by atoms with Gasteiger partial charge in [-0.25, -0.2) is 0 Å². The molecule has 0 heterocycles. The van der Waals surface area contributed by atoms with Crippen molar-refractivity contribution >= 4 is 11.8 Å². The Balaban J connectivity index is 1.98. The molecule has 1 aliphatic rings. The van der Waals surface area contributed by atoms with Gasteiger partial charge in [-0.15, -0.1) is 11.8 Å². The monoisotopic (exact) mass is 221 g/mol. The number of benzene rings is 1. The molecule has 0 amide bonds. The third kappa shape index (κ3) is 2.76. The number of nitrogens with one attached hydrogen (secondary N) is 1. The molecule has 82 valence electrons. The average Bonchev–Trinajstić information content (AvgIpc) is 2.72. The molecule has 0 saturated heterocycles. The smallest absolute Gasteiger partial charge is 0.0132 e. The number of hydrogen-bond acceptors (Lipinski definition) is 2. The minimum atomic E-state index is 0.586.